The lowest BCUT2D eigenvalue weighted by Crippen LogP contribution is -2.61. The van der Waals surface area contributed by atoms with Gasteiger partial charge in [-0.05, 0) is 58.2 Å². The number of rotatable bonds is 2. The number of ether oxygens (including phenoxy) is 1. The van der Waals surface area contributed by atoms with E-state index in [1.54, 1.807) is 11.0 Å². The number of hydrogen-bond acceptors (Lipinski definition) is 7. The Bertz CT molecular complexity index is 1080. The molecule has 0 radical (unpaired) electrons. The molecule has 3 fully saturated rings. The number of nitrogens with zero attached hydrogens (tertiary/aromatic N) is 3. The lowest BCUT2D eigenvalue weighted by molar-refractivity contribution is -0.136. The first kappa shape index (κ1) is 23.8. The van der Waals surface area contributed by atoms with Gasteiger partial charge in [0.05, 0.1) is 12.5 Å². The maximum Gasteiger partial charge on any atom is 0.410 e. The number of carbonyl (C=O) groups is 4. The number of Topliss-reactive ketones (excluding diaryl/α,β-unsaturated/α-hetero) is 2. The molecule has 2 unspecified atom stereocenters. The smallest absolute Gasteiger partial charge is 0.410 e. The fraction of sp³-hybridized carbons (Fsp3) is 0.615. The van der Waals surface area contributed by atoms with E-state index in [0.717, 1.165) is 31.6 Å². The topological polar surface area (TPSA) is 107 Å². The van der Waals surface area contributed by atoms with Crippen LogP contribution in [0, 0.1) is 5.41 Å². The van der Waals surface area contributed by atoms with Gasteiger partial charge in [0.15, 0.2) is 12.0 Å². The van der Waals surface area contributed by atoms with Crippen LogP contribution < -0.4 is 4.90 Å². The van der Waals surface area contributed by atoms with Gasteiger partial charge < -0.3 is 19.6 Å². The van der Waals surface area contributed by atoms with E-state index in [1.807, 2.05) is 32.9 Å². The minimum Gasteiger partial charge on any atom is -0.444 e. The average Bonchev–Trinajstić information content (AvgIpc) is 3.01. The second-order valence-corrected chi connectivity index (χ2v) is 11.4. The van der Waals surface area contributed by atoms with Crippen LogP contribution >= 0.6 is 0 Å². The average molecular weight is 484 g/mol. The predicted octanol–water partition coefficient (Wildman–Crippen LogP) is 2.66. The van der Waals surface area contributed by atoms with E-state index in [1.165, 1.54) is 4.90 Å². The van der Waals surface area contributed by atoms with E-state index in [2.05, 4.69) is 4.90 Å². The minimum absolute atomic E-state index is 0.115. The van der Waals surface area contributed by atoms with E-state index in [9.17, 15) is 24.3 Å². The van der Waals surface area contributed by atoms with Gasteiger partial charge in [-0.3, -0.25) is 19.3 Å². The van der Waals surface area contributed by atoms with Gasteiger partial charge in [0.2, 0.25) is 0 Å². The highest BCUT2D eigenvalue weighted by atomic mass is 16.6. The first-order valence-electron chi connectivity index (χ1n) is 12.4. The van der Waals surface area contributed by atoms with Crippen molar-refractivity contribution in [1.82, 2.24) is 9.80 Å². The Labute approximate surface area is 205 Å². The molecule has 3 aliphatic heterocycles. The van der Waals surface area contributed by atoms with Gasteiger partial charge in [-0.15, -0.1) is 0 Å². The second-order valence-electron chi connectivity index (χ2n) is 11.4. The predicted molar refractivity (Wildman–Crippen MR) is 127 cm³/mol. The number of likely N-dealkylation sites (tertiary alicyclic amines) is 1. The molecule has 1 aliphatic carbocycles. The molecule has 9 nitrogen and oxygen atoms in total. The molecule has 4 aliphatic rings. The largest absolute Gasteiger partial charge is 0.444 e. The number of amides is 2. The number of benzene rings is 1. The number of hydrogen-bond donors (Lipinski definition) is 1. The summed E-state index contributed by atoms with van der Waals surface area (Å²) in [7, 11) is 0. The Kier molecular flexibility index (Phi) is 5.66. The third kappa shape index (κ3) is 4.30. The van der Waals surface area contributed by atoms with Gasteiger partial charge in [0.25, 0.3) is 5.91 Å². The normalized spacial score (nSPS) is 26.2. The molecule has 0 bridgehead atoms. The van der Waals surface area contributed by atoms with Crippen LogP contribution in [0.25, 0.3) is 0 Å². The van der Waals surface area contributed by atoms with Crippen molar-refractivity contribution in [2.45, 2.75) is 70.7 Å². The molecule has 2 amide bonds. The Morgan fingerprint density at radius 2 is 1.80 bits per heavy atom. The molecular formula is C26H33N3O6. The second kappa shape index (κ2) is 8.33. The van der Waals surface area contributed by atoms with Crippen LogP contribution in [-0.2, 0) is 14.3 Å². The van der Waals surface area contributed by atoms with Crippen molar-refractivity contribution >= 4 is 29.3 Å². The van der Waals surface area contributed by atoms with Gasteiger partial charge in [-0.2, -0.15) is 0 Å². The standard InChI is InChI=1S/C26H33N3O6/c1-25(2,3)35-24(34)27-10-8-26(9-11-27)14-28(15-26)16-4-6-18-19(12-16)23(33)29(22(18)32)20-7-5-17(30)13-21(20)31/h4,6,12,20,23,33H,5,7-11,13-15H2,1-3H3. The quantitative estimate of drug-likeness (QED) is 0.645. The van der Waals surface area contributed by atoms with E-state index < -0.39 is 17.9 Å². The molecular weight excluding hydrogens is 450 g/mol. The molecule has 1 spiro atoms. The van der Waals surface area contributed by atoms with E-state index >= 15 is 0 Å². The van der Waals surface area contributed by atoms with Gasteiger partial charge in [0.1, 0.15) is 11.4 Å². The van der Waals surface area contributed by atoms with Crippen molar-refractivity contribution < 1.29 is 29.0 Å². The lowest BCUT2D eigenvalue weighted by atomic mass is 9.72. The molecule has 0 aromatic heterocycles. The number of ketones is 2. The number of fused-ring (bicyclic) bond motifs is 1. The molecule has 1 N–H and O–H groups in total. The van der Waals surface area contributed by atoms with Crippen molar-refractivity contribution in [2.24, 2.45) is 5.41 Å². The van der Waals surface area contributed by atoms with Crippen LogP contribution in [0.15, 0.2) is 18.2 Å². The van der Waals surface area contributed by atoms with Crippen molar-refractivity contribution in [3.05, 3.63) is 29.3 Å². The fourth-order valence-electron chi connectivity index (χ4n) is 5.77. The Hall–Kier alpha value is -2.94. The number of anilines is 1. The molecule has 1 aromatic carbocycles. The van der Waals surface area contributed by atoms with Crippen LogP contribution in [-0.4, -0.2) is 76.3 Å². The summed E-state index contributed by atoms with van der Waals surface area (Å²) in [6.45, 7) is 8.66. The summed E-state index contributed by atoms with van der Waals surface area (Å²) in [6.07, 6.45) is 0.699. The van der Waals surface area contributed by atoms with E-state index in [-0.39, 0.29) is 48.2 Å². The summed E-state index contributed by atoms with van der Waals surface area (Å²) in [6, 6.07) is 4.71. The number of aliphatic hydroxyl groups is 1. The summed E-state index contributed by atoms with van der Waals surface area (Å²) >= 11 is 0. The Morgan fingerprint density at radius 1 is 1.11 bits per heavy atom. The summed E-state index contributed by atoms with van der Waals surface area (Å²) in [4.78, 5) is 54.6. The molecule has 35 heavy (non-hydrogen) atoms. The van der Waals surface area contributed by atoms with Gasteiger partial charge in [-0.25, -0.2) is 4.79 Å². The van der Waals surface area contributed by atoms with Gasteiger partial charge in [0, 0.05) is 54.8 Å². The van der Waals surface area contributed by atoms with Crippen molar-refractivity contribution in [1.29, 1.82) is 0 Å². The van der Waals surface area contributed by atoms with Gasteiger partial charge >= 0.3 is 6.09 Å². The summed E-state index contributed by atoms with van der Waals surface area (Å²) in [5.41, 5.74) is 1.50. The molecule has 5 rings (SSSR count). The number of carbonyl (C=O) groups excluding carboxylic acids is 4. The van der Waals surface area contributed by atoms with Gasteiger partial charge in [-0.1, -0.05) is 0 Å². The van der Waals surface area contributed by atoms with Crippen LogP contribution in [0.1, 0.15) is 75.0 Å². The zero-order valence-corrected chi connectivity index (χ0v) is 20.6. The van der Waals surface area contributed by atoms with E-state index in [4.69, 9.17) is 4.74 Å². The maximum absolute atomic E-state index is 13.0. The monoisotopic (exact) mass is 483 g/mol. The highest BCUT2D eigenvalue weighted by molar-refractivity contribution is 6.07. The van der Waals surface area contributed by atoms with Crippen LogP contribution in [0.2, 0.25) is 0 Å². The Morgan fingerprint density at radius 3 is 2.43 bits per heavy atom. The first-order chi connectivity index (χ1) is 16.5. The molecule has 188 valence electrons. The maximum atomic E-state index is 13.0. The summed E-state index contributed by atoms with van der Waals surface area (Å²) < 4.78 is 5.50. The molecule has 1 saturated carbocycles. The molecule has 9 heteroatoms. The highest BCUT2D eigenvalue weighted by Crippen LogP contribution is 2.45. The molecule has 2 atom stereocenters. The Balaban J connectivity index is 1.22. The molecule has 3 heterocycles. The van der Waals surface area contributed by atoms with Crippen LogP contribution in [0.4, 0.5) is 10.5 Å². The molecule has 1 aromatic rings. The van der Waals surface area contributed by atoms with Crippen molar-refractivity contribution in [3.8, 4) is 0 Å². The first-order valence-corrected chi connectivity index (χ1v) is 12.4. The third-order valence-electron chi connectivity index (χ3n) is 7.71. The van der Waals surface area contributed by atoms with Crippen LogP contribution in [0.5, 0.6) is 0 Å². The lowest BCUT2D eigenvalue weighted by Gasteiger charge is -2.55. The summed E-state index contributed by atoms with van der Waals surface area (Å²) in [5, 5.41) is 10.9. The van der Waals surface area contributed by atoms with E-state index in [0.29, 0.717) is 24.2 Å². The zero-order valence-electron chi connectivity index (χ0n) is 20.6. The SMILES string of the molecule is CC(C)(C)OC(=O)N1CCC2(CC1)CN(c1ccc3c(c1)C(O)N(C1CCC(=O)CC1=O)C3=O)C2. The molecule has 2 saturated heterocycles. The zero-order chi connectivity index (χ0) is 25.1. The third-order valence-corrected chi connectivity index (χ3v) is 7.71. The fourth-order valence-corrected chi connectivity index (χ4v) is 5.77. The van der Waals surface area contributed by atoms with Crippen molar-refractivity contribution in [2.75, 3.05) is 31.1 Å². The highest BCUT2D eigenvalue weighted by Gasteiger charge is 2.48. The summed E-state index contributed by atoms with van der Waals surface area (Å²) in [5.74, 6) is -0.777. The minimum atomic E-state index is -1.19. The number of aliphatic hydroxyl groups excluding tert-OH is 1. The number of piperidine rings is 1. The van der Waals surface area contributed by atoms with Crippen LogP contribution in [0.3, 0.4) is 0 Å². The van der Waals surface area contributed by atoms with Crippen molar-refractivity contribution in [3.63, 3.8) is 0 Å².